The van der Waals surface area contributed by atoms with Crippen LogP contribution in [0.3, 0.4) is 0 Å². The van der Waals surface area contributed by atoms with E-state index in [1.54, 1.807) is 6.20 Å². The number of aliphatic hydroxyl groups excluding tert-OH is 3. The molecule has 1 fully saturated rings. The van der Waals surface area contributed by atoms with Gasteiger partial charge in [0.15, 0.2) is 5.58 Å². The summed E-state index contributed by atoms with van der Waals surface area (Å²) in [7, 11) is 0. The highest BCUT2D eigenvalue weighted by Gasteiger charge is 2.41. The summed E-state index contributed by atoms with van der Waals surface area (Å²) in [5, 5.41) is 40.8. The molecular weight excluding hydrogens is 496 g/mol. The van der Waals surface area contributed by atoms with Gasteiger partial charge in [-0.3, -0.25) is 4.98 Å². The van der Waals surface area contributed by atoms with E-state index in [-0.39, 0.29) is 6.61 Å². The van der Waals surface area contributed by atoms with Crippen molar-refractivity contribution in [3.63, 3.8) is 0 Å². The predicted octanol–water partition coefficient (Wildman–Crippen LogP) is 2.61. The summed E-state index contributed by atoms with van der Waals surface area (Å²) in [6, 6.07) is 3.40. The van der Waals surface area contributed by atoms with E-state index in [1.807, 2.05) is 45.1 Å². The first-order valence-corrected chi connectivity index (χ1v) is 12.6. The zero-order chi connectivity index (χ0) is 26.7. The van der Waals surface area contributed by atoms with Gasteiger partial charge in [-0.15, -0.1) is 11.3 Å². The van der Waals surface area contributed by atoms with Gasteiger partial charge in [-0.2, -0.15) is 4.98 Å². The fraction of sp³-hybridized carbons (Fsp3) is 0.400. The molecule has 4 aromatic heterocycles. The molecule has 196 valence electrons. The number of nitrogens with one attached hydrogen (secondary N) is 2. The van der Waals surface area contributed by atoms with Crippen LogP contribution in [0.1, 0.15) is 28.5 Å². The summed E-state index contributed by atoms with van der Waals surface area (Å²) < 4.78 is 6.21. The van der Waals surface area contributed by atoms with Crippen LogP contribution < -0.4 is 10.6 Å². The summed E-state index contributed by atoms with van der Waals surface area (Å²) in [5.41, 5.74) is 3.72. The van der Waals surface area contributed by atoms with Crippen molar-refractivity contribution in [1.29, 1.82) is 0 Å². The molecule has 37 heavy (non-hydrogen) atoms. The molecule has 4 aromatic rings. The van der Waals surface area contributed by atoms with Crippen LogP contribution in [-0.2, 0) is 11.3 Å². The van der Waals surface area contributed by atoms with Crippen molar-refractivity contribution in [2.24, 2.45) is 5.92 Å². The van der Waals surface area contributed by atoms with Gasteiger partial charge < -0.3 is 35.2 Å². The number of nitrogens with zero attached hydrogens (tertiary/aromatic N) is 4. The van der Waals surface area contributed by atoms with Crippen molar-refractivity contribution >= 4 is 40.9 Å². The summed E-state index contributed by atoms with van der Waals surface area (Å²) >= 11 is 1.53. The van der Waals surface area contributed by atoms with Gasteiger partial charge in [0.05, 0.1) is 35.6 Å². The van der Waals surface area contributed by atoms with Gasteiger partial charge in [-0.1, -0.05) is 0 Å². The van der Waals surface area contributed by atoms with Gasteiger partial charge in [0.2, 0.25) is 5.95 Å². The van der Waals surface area contributed by atoms with E-state index in [0.717, 1.165) is 21.8 Å². The molecule has 0 saturated heterocycles. The Morgan fingerprint density at radius 2 is 1.89 bits per heavy atom. The van der Waals surface area contributed by atoms with Gasteiger partial charge in [-0.25, -0.2) is 9.97 Å². The number of hydrogen-bond donors (Lipinski definition) is 5. The number of hydrogen-bond acceptors (Lipinski definition) is 12. The van der Waals surface area contributed by atoms with E-state index < -0.39 is 24.2 Å². The van der Waals surface area contributed by atoms with Crippen LogP contribution in [0.25, 0.3) is 22.3 Å². The Morgan fingerprint density at radius 1 is 1.11 bits per heavy atom. The second-order valence-electron chi connectivity index (χ2n) is 8.92. The highest BCUT2D eigenvalue weighted by atomic mass is 32.1. The average Bonchev–Trinajstić information content (AvgIpc) is 3.60. The van der Waals surface area contributed by atoms with Crippen LogP contribution in [0, 0.1) is 26.7 Å². The van der Waals surface area contributed by atoms with Crippen LogP contribution in [0.4, 0.5) is 11.8 Å². The minimum absolute atomic E-state index is 0.206. The fourth-order valence-electron chi connectivity index (χ4n) is 4.66. The van der Waals surface area contributed by atoms with Crippen LogP contribution in [0.5, 0.6) is 0 Å². The first-order chi connectivity index (χ1) is 17.8. The van der Waals surface area contributed by atoms with Crippen molar-refractivity contribution in [2.45, 2.75) is 52.0 Å². The lowest BCUT2D eigenvalue weighted by Crippen LogP contribution is -2.35. The molecule has 4 heterocycles. The molecule has 1 aliphatic carbocycles. The van der Waals surface area contributed by atoms with Crippen molar-refractivity contribution in [1.82, 2.24) is 19.9 Å². The minimum atomic E-state index is -1.05. The Hall–Kier alpha value is -3.45. The molecule has 0 aliphatic heterocycles. The van der Waals surface area contributed by atoms with E-state index >= 15 is 0 Å². The molecule has 0 unspecified atom stereocenters. The monoisotopic (exact) mass is 526 g/mol. The van der Waals surface area contributed by atoms with E-state index in [2.05, 4.69) is 25.6 Å². The van der Waals surface area contributed by atoms with Crippen LogP contribution in [0.2, 0.25) is 0 Å². The minimum Gasteiger partial charge on any atom is -0.454 e. The molecule has 4 atom stereocenters. The third-order valence-electron chi connectivity index (χ3n) is 6.37. The number of rotatable bonds is 7. The summed E-state index contributed by atoms with van der Waals surface area (Å²) in [6.07, 6.45) is 0.0703. The second kappa shape index (κ2) is 11.3. The number of aryl methyl sites for hydroxylation is 3. The number of thiazole rings is 1. The SMILES string of the molecule is C=O.Cc1cc2cc(-c3c(C)nc(NCc4nccs4)nc3N[C@@H]3C[C@H](CO)[C@@H](O)[C@H]3O)oc2c(C)n1. The topological polar surface area (TPSA) is 167 Å². The van der Waals surface area contributed by atoms with Crippen molar-refractivity contribution < 1.29 is 24.5 Å². The number of carbonyl (C=O) groups excluding carboxylic acids is 1. The van der Waals surface area contributed by atoms with Gasteiger partial charge in [0.1, 0.15) is 29.5 Å². The van der Waals surface area contributed by atoms with Crippen LogP contribution in [0.15, 0.2) is 28.1 Å². The Kier molecular flexibility index (Phi) is 8.13. The van der Waals surface area contributed by atoms with E-state index in [1.165, 1.54) is 11.3 Å². The van der Waals surface area contributed by atoms with E-state index in [4.69, 9.17) is 14.2 Å². The summed E-state index contributed by atoms with van der Waals surface area (Å²) in [5.74, 6) is 1.03. The highest BCUT2D eigenvalue weighted by molar-refractivity contribution is 7.09. The van der Waals surface area contributed by atoms with Gasteiger partial charge in [-0.05, 0) is 39.3 Å². The molecular formula is C25H30N6O5S. The number of pyridine rings is 1. The average molecular weight is 527 g/mol. The Bertz CT molecular complexity index is 1360. The molecule has 0 amide bonds. The maximum Gasteiger partial charge on any atom is 0.225 e. The zero-order valence-corrected chi connectivity index (χ0v) is 21.6. The van der Waals surface area contributed by atoms with Crippen molar-refractivity contribution in [3.05, 3.63) is 45.8 Å². The molecule has 0 bridgehead atoms. The summed E-state index contributed by atoms with van der Waals surface area (Å²) in [4.78, 5) is 26.1. The summed E-state index contributed by atoms with van der Waals surface area (Å²) in [6.45, 7) is 7.98. The van der Waals surface area contributed by atoms with Gasteiger partial charge in [0.25, 0.3) is 0 Å². The standard InChI is InChI=1S/C24H28N6O4S.CH2O/c1-11-6-14-8-17(34-22(14)13(3)27-11)19-12(2)28-24(26-9-18-25-4-5-35-18)30-23(19)29-16-7-15(10-31)20(32)21(16)33;1-2/h4-6,8,15-16,20-21,31-33H,7,9-10H2,1-3H3,(H2,26,28,29,30);1H2/t15-,16-,20-,21+;/m1./s1. The number of furan rings is 1. The zero-order valence-electron chi connectivity index (χ0n) is 20.8. The molecule has 11 nitrogen and oxygen atoms in total. The number of aromatic nitrogens is 4. The molecule has 1 aliphatic rings. The molecule has 0 radical (unpaired) electrons. The molecule has 12 heteroatoms. The molecule has 0 spiro atoms. The smallest absolute Gasteiger partial charge is 0.225 e. The highest BCUT2D eigenvalue weighted by Crippen LogP contribution is 2.37. The lowest BCUT2D eigenvalue weighted by molar-refractivity contribution is -0.0980. The van der Waals surface area contributed by atoms with Gasteiger partial charge >= 0.3 is 0 Å². The predicted molar refractivity (Wildman–Crippen MR) is 140 cm³/mol. The first kappa shape index (κ1) is 26.6. The van der Waals surface area contributed by atoms with Crippen molar-refractivity contribution in [2.75, 3.05) is 17.2 Å². The number of aliphatic hydroxyl groups is 3. The molecule has 5 rings (SSSR count). The number of carbonyl (C=O) groups is 1. The van der Waals surface area contributed by atoms with Crippen molar-refractivity contribution in [3.8, 4) is 11.3 Å². The maximum atomic E-state index is 10.6. The lowest BCUT2D eigenvalue weighted by atomic mass is 10.1. The fourth-order valence-corrected chi connectivity index (χ4v) is 5.22. The van der Waals surface area contributed by atoms with E-state index in [9.17, 15) is 15.3 Å². The molecule has 5 N–H and O–H groups in total. The van der Waals surface area contributed by atoms with Crippen LogP contribution in [-0.4, -0.2) is 66.9 Å². The second-order valence-corrected chi connectivity index (χ2v) is 9.90. The largest absolute Gasteiger partial charge is 0.454 e. The Morgan fingerprint density at radius 3 is 2.57 bits per heavy atom. The molecule has 1 saturated carbocycles. The maximum absolute atomic E-state index is 10.6. The van der Waals surface area contributed by atoms with Crippen LogP contribution >= 0.6 is 11.3 Å². The quantitative estimate of drug-likeness (QED) is 0.240. The lowest BCUT2D eigenvalue weighted by Gasteiger charge is -2.21. The Balaban J connectivity index is 0.00000156. The third kappa shape index (κ3) is 5.47. The molecule has 0 aromatic carbocycles. The first-order valence-electron chi connectivity index (χ1n) is 11.8. The van der Waals surface area contributed by atoms with E-state index in [0.29, 0.717) is 47.3 Å². The normalized spacial score (nSPS) is 21.0. The Labute approximate surface area is 217 Å². The van der Waals surface area contributed by atoms with Gasteiger partial charge in [0, 0.05) is 35.2 Å². The number of fused-ring (bicyclic) bond motifs is 1. The number of anilines is 2. The third-order valence-corrected chi connectivity index (χ3v) is 7.15.